The van der Waals surface area contributed by atoms with Crippen LogP contribution < -0.4 is 10.6 Å². The number of amides is 1. The highest BCUT2D eigenvalue weighted by molar-refractivity contribution is 6.16. The van der Waals surface area contributed by atoms with E-state index in [4.69, 9.17) is 5.41 Å². The number of carbonyl (C=O) groups excluding carboxylic acids is 1. The lowest BCUT2D eigenvalue weighted by Gasteiger charge is -2.14. The van der Waals surface area contributed by atoms with E-state index in [1.165, 1.54) is 6.33 Å². The van der Waals surface area contributed by atoms with E-state index >= 15 is 0 Å². The predicted octanol–water partition coefficient (Wildman–Crippen LogP) is 2.15. The number of carbonyl (C=O) groups is 1. The summed E-state index contributed by atoms with van der Waals surface area (Å²) in [6, 6.07) is 8.86. The Morgan fingerprint density at radius 1 is 1.19 bits per heavy atom. The van der Waals surface area contributed by atoms with E-state index in [0.717, 1.165) is 5.69 Å². The number of pyridine rings is 2. The maximum atomic E-state index is 13.1. The van der Waals surface area contributed by atoms with Crippen molar-refractivity contribution in [2.24, 2.45) is 4.99 Å². The molecule has 4 N–H and O–H groups in total. The summed E-state index contributed by atoms with van der Waals surface area (Å²) in [5, 5.41) is 23.3. The Hall–Kier alpha value is -4.05. The number of nitrogens with zero attached hydrogens (tertiary/aromatic N) is 5. The molecule has 0 aliphatic heterocycles. The Morgan fingerprint density at radius 3 is 2.69 bits per heavy atom. The lowest BCUT2D eigenvalue weighted by molar-refractivity contribution is 0.0972. The molecule has 0 aromatic carbocycles. The van der Waals surface area contributed by atoms with Gasteiger partial charge in [-0.25, -0.2) is 15.0 Å². The summed E-state index contributed by atoms with van der Waals surface area (Å²) in [6.45, 7) is 1.87. The van der Waals surface area contributed by atoms with Gasteiger partial charge in [0.15, 0.2) is 5.69 Å². The molecule has 0 saturated carbocycles. The number of aliphatic imine (C=N–C) groups is 1. The third-order valence-electron chi connectivity index (χ3n) is 4.35. The SMILES string of the molecule is CCc1ccc(Nc2cncnc2)c(C(=O)NC(CC(=N)c2ccccn2)=NCCO)n1. The molecule has 0 spiro atoms. The van der Waals surface area contributed by atoms with Crippen LogP contribution in [-0.4, -0.2) is 55.6 Å². The molecular weight excluding hydrogens is 408 g/mol. The van der Waals surface area contributed by atoms with Gasteiger partial charge in [-0.2, -0.15) is 0 Å². The average molecular weight is 432 g/mol. The normalized spacial score (nSPS) is 11.1. The number of rotatable bonds is 9. The smallest absolute Gasteiger partial charge is 0.277 e. The molecule has 1 amide bonds. The topological polar surface area (TPSA) is 149 Å². The molecule has 3 rings (SSSR count). The van der Waals surface area contributed by atoms with Gasteiger partial charge in [0.05, 0.1) is 48.3 Å². The first-order valence-corrected chi connectivity index (χ1v) is 10.1. The Balaban J connectivity index is 1.84. The molecule has 0 radical (unpaired) electrons. The molecule has 0 fully saturated rings. The van der Waals surface area contributed by atoms with Gasteiger partial charge in [-0.3, -0.25) is 14.8 Å². The molecule has 10 nitrogen and oxygen atoms in total. The van der Waals surface area contributed by atoms with Crippen molar-refractivity contribution in [2.45, 2.75) is 19.8 Å². The largest absolute Gasteiger partial charge is 0.394 e. The number of aryl methyl sites for hydroxylation is 1. The quantitative estimate of drug-likeness (QED) is 0.299. The van der Waals surface area contributed by atoms with E-state index in [1.54, 1.807) is 42.9 Å². The Bertz CT molecular complexity index is 1090. The lowest BCUT2D eigenvalue weighted by atomic mass is 10.1. The van der Waals surface area contributed by atoms with E-state index in [2.05, 4.69) is 35.6 Å². The number of aliphatic hydroxyl groups excluding tert-OH is 1. The van der Waals surface area contributed by atoms with E-state index < -0.39 is 5.91 Å². The summed E-state index contributed by atoms with van der Waals surface area (Å²) >= 11 is 0. The second-order valence-electron chi connectivity index (χ2n) is 6.68. The van der Waals surface area contributed by atoms with Gasteiger partial charge in [0, 0.05) is 18.3 Å². The van der Waals surface area contributed by atoms with Gasteiger partial charge in [0.2, 0.25) is 0 Å². The molecule has 0 aliphatic carbocycles. The number of aliphatic hydroxyl groups is 1. The molecule has 0 unspecified atom stereocenters. The number of hydrogen-bond donors (Lipinski definition) is 4. The molecule has 0 atom stereocenters. The molecule has 3 aromatic heterocycles. The van der Waals surface area contributed by atoms with Crippen LogP contribution in [-0.2, 0) is 6.42 Å². The van der Waals surface area contributed by atoms with Crippen molar-refractivity contribution in [3.8, 4) is 0 Å². The Morgan fingerprint density at radius 2 is 2.00 bits per heavy atom. The van der Waals surface area contributed by atoms with Gasteiger partial charge in [-0.1, -0.05) is 13.0 Å². The van der Waals surface area contributed by atoms with Crippen molar-refractivity contribution in [3.63, 3.8) is 0 Å². The third kappa shape index (κ3) is 6.22. The fourth-order valence-electron chi connectivity index (χ4n) is 2.80. The second kappa shape index (κ2) is 11.4. The summed E-state index contributed by atoms with van der Waals surface area (Å²) in [5.74, 6) is -0.234. The van der Waals surface area contributed by atoms with E-state index in [1.807, 2.05) is 13.0 Å². The second-order valence-corrected chi connectivity index (χ2v) is 6.68. The number of anilines is 2. The highest BCUT2D eigenvalue weighted by Gasteiger charge is 2.18. The van der Waals surface area contributed by atoms with Crippen molar-refractivity contribution in [1.29, 1.82) is 5.41 Å². The predicted molar refractivity (Wildman–Crippen MR) is 121 cm³/mol. The van der Waals surface area contributed by atoms with Gasteiger partial charge in [-0.05, 0) is 30.7 Å². The molecule has 10 heteroatoms. The van der Waals surface area contributed by atoms with Crippen LogP contribution in [0.1, 0.15) is 35.2 Å². The zero-order valence-electron chi connectivity index (χ0n) is 17.6. The molecule has 0 aliphatic rings. The third-order valence-corrected chi connectivity index (χ3v) is 4.35. The van der Waals surface area contributed by atoms with Crippen LogP contribution in [0, 0.1) is 5.41 Å². The molecule has 32 heavy (non-hydrogen) atoms. The van der Waals surface area contributed by atoms with Crippen LogP contribution in [0.4, 0.5) is 11.4 Å². The van der Waals surface area contributed by atoms with Gasteiger partial charge < -0.3 is 21.1 Å². The van der Waals surface area contributed by atoms with Crippen molar-refractivity contribution < 1.29 is 9.90 Å². The van der Waals surface area contributed by atoms with Crippen LogP contribution in [0.25, 0.3) is 0 Å². The molecule has 3 heterocycles. The minimum absolute atomic E-state index is 0.0471. The van der Waals surface area contributed by atoms with Crippen LogP contribution in [0.5, 0.6) is 0 Å². The van der Waals surface area contributed by atoms with Crippen LogP contribution in [0.3, 0.4) is 0 Å². The van der Waals surface area contributed by atoms with E-state index in [9.17, 15) is 9.90 Å². The first-order valence-electron chi connectivity index (χ1n) is 10.1. The lowest BCUT2D eigenvalue weighted by Crippen LogP contribution is -2.34. The fraction of sp³-hybridized carbons (Fsp3) is 0.227. The van der Waals surface area contributed by atoms with Crippen LogP contribution in [0.15, 0.2) is 60.2 Å². The minimum Gasteiger partial charge on any atom is -0.394 e. The van der Waals surface area contributed by atoms with Gasteiger partial charge >= 0.3 is 0 Å². The summed E-state index contributed by atoms with van der Waals surface area (Å²) < 4.78 is 0. The zero-order chi connectivity index (χ0) is 22.8. The monoisotopic (exact) mass is 432 g/mol. The molecule has 0 saturated heterocycles. The van der Waals surface area contributed by atoms with Crippen molar-refractivity contribution in [3.05, 3.63) is 72.3 Å². The number of aromatic nitrogens is 4. The maximum Gasteiger partial charge on any atom is 0.277 e. The molecule has 0 bridgehead atoms. The van der Waals surface area contributed by atoms with Gasteiger partial charge in [0.1, 0.15) is 12.2 Å². The zero-order valence-corrected chi connectivity index (χ0v) is 17.6. The van der Waals surface area contributed by atoms with Gasteiger partial charge in [-0.15, -0.1) is 0 Å². The standard InChI is InChI=1S/C22H24N8O2/c1-2-15-6-7-19(28-16-12-24-14-25-13-16)21(29-15)22(32)30-20(27-9-10-31)11-17(23)18-5-3-4-8-26-18/h3-8,12-14,23,28,31H,2,9-11H2,1H3,(H,27,30,32). The highest BCUT2D eigenvalue weighted by Crippen LogP contribution is 2.19. The molecule has 164 valence electrons. The summed E-state index contributed by atoms with van der Waals surface area (Å²) in [7, 11) is 0. The first-order chi connectivity index (χ1) is 15.6. The van der Waals surface area contributed by atoms with Gasteiger partial charge in [0.25, 0.3) is 5.91 Å². The van der Waals surface area contributed by atoms with Crippen molar-refractivity contribution in [2.75, 3.05) is 18.5 Å². The number of hydrogen-bond acceptors (Lipinski definition) is 9. The Kier molecular flexibility index (Phi) is 8.04. The minimum atomic E-state index is -0.481. The first kappa shape index (κ1) is 22.6. The average Bonchev–Trinajstić information content (AvgIpc) is 2.83. The molecular formula is C22H24N8O2. The fourth-order valence-corrected chi connectivity index (χ4v) is 2.80. The molecule has 3 aromatic rings. The Labute approximate surface area is 185 Å². The van der Waals surface area contributed by atoms with Crippen molar-refractivity contribution in [1.82, 2.24) is 25.3 Å². The maximum absolute atomic E-state index is 13.1. The summed E-state index contributed by atoms with van der Waals surface area (Å²) in [4.78, 5) is 33.9. The van der Waals surface area contributed by atoms with E-state index in [-0.39, 0.29) is 36.8 Å². The van der Waals surface area contributed by atoms with Crippen molar-refractivity contribution >= 4 is 28.8 Å². The number of amidine groups is 1. The van der Waals surface area contributed by atoms with E-state index in [0.29, 0.717) is 23.5 Å². The van der Waals surface area contributed by atoms with Crippen LogP contribution >= 0.6 is 0 Å². The van der Waals surface area contributed by atoms with Crippen LogP contribution in [0.2, 0.25) is 0 Å². The summed E-state index contributed by atoms with van der Waals surface area (Å²) in [5.41, 5.74) is 2.69. The number of nitrogens with one attached hydrogen (secondary N) is 3. The highest BCUT2D eigenvalue weighted by atomic mass is 16.3. The summed E-state index contributed by atoms with van der Waals surface area (Å²) in [6.07, 6.45) is 6.89.